The van der Waals surface area contributed by atoms with Crippen LogP contribution in [-0.2, 0) is 0 Å². The lowest BCUT2D eigenvalue weighted by molar-refractivity contribution is -0.180. The van der Waals surface area contributed by atoms with Gasteiger partial charge in [-0.3, -0.25) is 0 Å². The molecule has 1 aromatic heterocycles. The molecule has 98 valence electrons. The molecule has 1 aliphatic rings. The van der Waals surface area contributed by atoms with Gasteiger partial charge < -0.3 is 10.0 Å². The predicted molar refractivity (Wildman–Crippen MR) is 52.9 cm³/mol. The van der Waals surface area contributed by atoms with Gasteiger partial charge in [-0.25, -0.2) is 14.2 Å². The normalized spacial score (nSPS) is 16.6. The van der Waals surface area contributed by atoms with Crippen LogP contribution in [0.2, 0.25) is 0 Å². The fourth-order valence-corrected chi connectivity index (χ4v) is 1.64. The first kappa shape index (κ1) is 12.6. The molecule has 0 amide bonds. The molecule has 18 heavy (non-hydrogen) atoms. The van der Waals surface area contributed by atoms with Crippen LogP contribution in [0.4, 0.5) is 23.4 Å². The summed E-state index contributed by atoms with van der Waals surface area (Å²) in [4.78, 5) is 15.2. The van der Waals surface area contributed by atoms with Crippen molar-refractivity contribution in [1.29, 1.82) is 0 Å². The molecule has 0 aliphatic carbocycles. The molecule has 0 unspecified atom stereocenters. The first-order valence-electron chi connectivity index (χ1n) is 4.99. The molecule has 0 atom stereocenters. The average molecular weight is 264 g/mol. The molecule has 0 radical (unpaired) electrons. The number of rotatable bonds is 2. The summed E-state index contributed by atoms with van der Waals surface area (Å²) in [5.41, 5.74) is -0.343. The molecule has 8 heteroatoms. The molecule has 1 fully saturated rings. The number of aromatic carboxylic acids is 1. The smallest absolute Gasteiger partial charge is 0.395 e. The highest BCUT2D eigenvalue weighted by atomic mass is 19.4. The van der Waals surface area contributed by atoms with Gasteiger partial charge in [0.2, 0.25) is 0 Å². The minimum atomic E-state index is -4.30. The van der Waals surface area contributed by atoms with E-state index >= 15 is 0 Å². The third-order valence-electron chi connectivity index (χ3n) is 2.71. The number of carboxylic acid groups (broad SMARTS) is 1. The zero-order valence-corrected chi connectivity index (χ0v) is 8.91. The summed E-state index contributed by atoms with van der Waals surface area (Å²) in [6, 6.07) is 0.742. The summed E-state index contributed by atoms with van der Waals surface area (Å²) in [7, 11) is 0. The van der Waals surface area contributed by atoms with Crippen molar-refractivity contribution in [3.05, 3.63) is 23.6 Å². The maximum atomic E-state index is 13.5. The largest absolute Gasteiger partial charge is 0.478 e. The Morgan fingerprint density at radius 1 is 1.44 bits per heavy atom. The second-order valence-electron chi connectivity index (χ2n) is 3.98. The minimum Gasteiger partial charge on any atom is -0.478 e. The van der Waals surface area contributed by atoms with Crippen molar-refractivity contribution in [2.45, 2.75) is 6.18 Å². The molecule has 2 heterocycles. The number of pyridine rings is 1. The molecule has 4 nitrogen and oxygen atoms in total. The van der Waals surface area contributed by atoms with Crippen LogP contribution in [0.5, 0.6) is 0 Å². The van der Waals surface area contributed by atoms with Crippen LogP contribution in [0.3, 0.4) is 0 Å². The Labute approximate surface area is 98.8 Å². The van der Waals surface area contributed by atoms with Gasteiger partial charge in [0.05, 0.1) is 11.5 Å². The lowest BCUT2D eigenvalue weighted by Crippen LogP contribution is -2.54. The Balaban J connectivity index is 2.11. The third kappa shape index (κ3) is 2.22. The minimum absolute atomic E-state index is 0.250. The second kappa shape index (κ2) is 4.11. The Bertz CT molecular complexity index is 483. The number of anilines is 1. The van der Waals surface area contributed by atoms with Crippen LogP contribution >= 0.6 is 0 Å². The summed E-state index contributed by atoms with van der Waals surface area (Å²) < 4.78 is 50.2. The number of alkyl halides is 3. The number of halogens is 4. The van der Waals surface area contributed by atoms with Crippen LogP contribution < -0.4 is 4.90 Å². The number of carboxylic acids is 1. The number of hydrogen-bond donors (Lipinski definition) is 1. The summed E-state index contributed by atoms with van der Waals surface area (Å²) in [6.07, 6.45) is -3.38. The van der Waals surface area contributed by atoms with E-state index in [1.54, 1.807) is 0 Å². The van der Waals surface area contributed by atoms with Crippen molar-refractivity contribution in [1.82, 2.24) is 4.98 Å². The van der Waals surface area contributed by atoms with E-state index in [-0.39, 0.29) is 24.5 Å². The molecule has 0 spiro atoms. The van der Waals surface area contributed by atoms with Gasteiger partial charge in [-0.05, 0) is 6.07 Å². The maximum Gasteiger partial charge on any atom is 0.395 e. The van der Waals surface area contributed by atoms with E-state index < -0.39 is 23.9 Å². The molecule has 0 bridgehead atoms. The topological polar surface area (TPSA) is 53.4 Å². The highest BCUT2D eigenvalue weighted by Gasteiger charge is 2.48. The molecule has 1 N–H and O–H groups in total. The number of nitrogens with zero attached hydrogens (tertiary/aromatic N) is 2. The molecular weight excluding hydrogens is 256 g/mol. The van der Waals surface area contributed by atoms with Crippen LogP contribution in [0.1, 0.15) is 10.4 Å². The molecular formula is C10H8F4N2O2. The van der Waals surface area contributed by atoms with Crippen LogP contribution in [0, 0.1) is 11.7 Å². The quantitative estimate of drug-likeness (QED) is 0.829. The van der Waals surface area contributed by atoms with E-state index in [0.717, 1.165) is 17.2 Å². The third-order valence-corrected chi connectivity index (χ3v) is 2.71. The van der Waals surface area contributed by atoms with Gasteiger partial charge in [0, 0.05) is 19.3 Å². The first-order chi connectivity index (χ1) is 8.29. The van der Waals surface area contributed by atoms with E-state index in [1.165, 1.54) is 0 Å². The van der Waals surface area contributed by atoms with Crippen molar-refractivity contribution in [3.8, 4) is 0 Å². The van der Waals surface area contributed by atoms with E-state index in [0.29, 0.717) is 0 Å². The standard InChI is InChI=1S/C10H8F4N2O2/c11-7-1-5(9(17)18)2-15-8(7)16-3-6(4-16)10(12,13)14/h1-2,6H,3-4H2,(H,17,18). The summed E-state index contributed by atoms with van der Waals surface area (Å²) in [6.45, 7) is -0.723. The fourth-order valence-electron chi connectivity index (χ4n) is 1.64. The first-order valence-corrected chi connectivity index (χ1v) is 4.99. The zero-order valence-electron chi connectivity index (χ0n) is 8.91. The molecule has 0 aromatic carbocycles. The molecule has 0 saturated carbocycles. The summed E-state index contributed by atoms with van der Waals surface area (Å²) in [5.74, 6) is -4.02. The summed E-state index contributed by atoms with van der Waals surface area (Å²) >= 11 is 0. The maximum absolute atomic E-state index is 13.5. The van der Waals surface area contributed by atoms with Crippen molar-refractivity contribution in [2.24, 2.45) is 5.92 Å². The van der Waals surface area contributed by atoms with Gasteiger partial charge in [-0.15, -0.1) is 0 Å². The molecule has 1 saturated heterocycles. The van der Waals surface area contributed by atoms with E-state index in [4.69, 9.17) is 5.11 Å². The van der Waals surface area contributed by atoms with Gasteiger partial charge in [-0.2, -0.15) is 13.2 Å². The predicted octanol–water partition coefficient (Wildman–Crippen LogP) is 1.92. The van der Waals surface area contributed by atoms with Gasteiger partial charge in [0.15, 0.2) is 11.6 Å². The summed E-state index contributed by atoms with van der Waals surface area (Å²) in [5, 5.41) is 8.59. The highest BCUT2D eigenvalue weighted by Crippen LogP contribution is 2.36. The van der Waals surface area contributed by atoms with E-state index in [9.17, 15) is 22.4 Å². The Hall–Kier alpha value is -1.86. The number of carbonyl (C=O) groups is 1. The lowest BCUT2D eigenvalue weighted by Gasteiger charge is -2.40. The van der Waals surface area contributed by atoms with Crippen LogP contribution in [0.15, 0.2) is 12.3 Å². The van der Waals surface area contributed by atoms with Gasteiger partial charge >= 0.3 is 12.1 Å². The number of hydrogen-bond acceptors (Lipinski definition) is 3. The van der Waals surface area contributed by atoms with Gasteiger partial charge in [0.25, 0.3) is 0 Å². The van der Waals surface area contributed by atoms with Crippen LogP contribution in [0.25, 0.3) is 0 Å². The van der Waals surface area contributed by atoms with Crippen molar-refractivity contribution < 1.29 is 27.5 Å². The van der Waals surface area contributed by atoms with Gasteiger partial charge in [-0.1, -0.05) is 0 Å². The highest BCUT2D eigenvalue weighted by molar-refractivity contribution is 5.87. The molecule has 1 aromatic rings. The Morgan fingerprint density at radius 3 is 2.50 bits per heavy atom. The van der Waals surface area contributed by atoms with Crippen molar-refractivity contribution in [2.75, 3.05) is 18.0 Å². The average Bonchev–Trinajstić information content (AvgIpc) is 2.15. The lowest BCUT2D eigenvalue weighted by atomic mass is 9.99. The number of aromatic nitrogens is 1. The zero-order chi connectivity index (χ0) is 13.5. The molecule has 1 aliphatic heterocycles. The van der Waals surface area contributed by atoms with Crippen LogP contribution in [-0.4, -0.2) is 35.3 Å². The van der Waals surface area contributed by atoms with Crippen molar-refractivity contribution in [3.63, 3.8) is 0 Å². The van der Waals surface area contributed by atoms with E-state index in [1.807, 2.05) is 0 Å². The van der Waals surface area contributed by atoms with E-state index in [2.05, 4.69) is 4.98 Å². The Kier molecular flexibility index (Phi) is 2.88. The Morgan fingerprint density at radius 2 is 2.06 bits per heavy atom. The van der Waals surface area contributed by atoms with Gasteiger partial charge in [0.1, 0.15) is 0 Å². The monoisotopic (exact) mass is 264 g/mol. The second-order valence-corrected chi connectivity index (χ2v) is 3.98. The SMILES string of the molecule is O=C(O)c1cnc(N2CC(C(F)(F)F)C2)c(F)c1. The molecule has 2 rings (SSSR count). The van der Waals surface area contributed by atoms with Crippen molar-refractivity contribution >= 4 is 11.8 Å². The fraction of sp³-hybridized carbons (Fsp3) is 0.400.